The van der Waals surface area contributed by atoms with E-state index < -0.39 is 0 Å². The smallest absolute Gasteiger partial charge is 0.338 e. The number of carbonyl (C=O) groups is 1. The highest BCUT2D eigenvalue weighted by molar-refractivity contribution is 5.91. The normalized spacial score (nSPS) is 18.6. The lowest BCUT2D eigenvalue weighted by Crippen LogP contribution is -2.43. The van der Waals surface area contributed by atoms with Crippen molar-refractivity contribution in [1.29, 1.82) is 0 Å². The topological polar surface area (TPSA) is 38.3 Å². The Labute approximate surface area is 121 Å². The summed E-state index contributed by atoms with van der Waals surface area (Å²) in [4.78, 5) is 12.5. The zero-order valence-electron chi connectivity index (χ0n) is 13.0. The minimum atomic E-state index is -0.340. The molecule has 1 fully saturated rings. The molecule has 110 valence electrons. The van der Waals surface area contributed by atoms with Crippen molar-refractivity contribution in [3.63, 3.8) is 0 Å². The Morgan fingerprint density at radius 3 is 2.40 bits per heavy atom. The molecule has 0 atom stereocenters. The Balaban J connectivity index is 2.21. The average molecular weight is 275 g/mol. The molecule has 3 nitrogen and oxygen atoms in total. The van der Waals surface area contributed by atoms with E-state index in [1.165, 1.54) is 0 Å². The summed E-state index contributed by atoms with van der Waals surface area (Å²) in [7, 11) is 0. The summed E-state index contributed by atoms with van der Waals surface area (Å²) in [6.45, 7) is 10.2. The fourth-order valence-electron chi connectivity index (χ4n) is 2.65. The van der Waals surface area contributed by atoms with Gasteiger partial charge in [-0.15, -0.1) is 0 Å². The highest BCUT2D eigenvalue weighted by atomic mass is 16.6. The van der Waals surface area contributed by atoms with E-state index in [2.05, 4.69) is 26.1 Å². The van der Waals surface area contributed by atoms with Crippen LogP contribution in [-0.2, 0) is 10.2 Å². The van der Waals surface area contributed by atoms with Gasteiger partial charge >= 0.3 is 5.97 Å². The first kappa shape index (κ1) is 15.0. The van der Waals surface area contributed by atoms with Gasteiger partial charge < -0.3 is 10.1 Å². The van der Waals surface area contributed by atoms with Gasteiger partial charge in [-0.3, -0.25) is 0 Å². The zero-order valence-corrected chi connectivity index (χ0v) is 13.0. The van der Waals surface area contributed by atoms with Crippen molar-refractivity contribution in [3.05, 3.63) is 35.4 Å². The summed E-state index contributed by atoms with van der Waals surface area (Å²) < 4.78 is 5.82. The Bertz CT molecular complexity index is 482. The van der Waals surface area contributed by atoms with Crippen molar-refractivity contribution in [2.24, 2.45) is 0 Å². The molecule has 2 rings (SSSR count). The standard InChI is InChI=1S/C17H25NO2/c1-16(2,3)14-8-6-5-7-13(14)15(19)20-17(4)9-11-18-12-10-17/h5-8,18H,9-12H2,1-4H3. The molecule has 0 bridgehead atoms. The van der Waals surface area contributed by atoms with E-state index in [4.69, 9.17) is 4.74 Å². The second-order valence-electron chi connectivity index (χ2n) is 6.89. The van der Waals surface area contributed by atoms with Crippen LogP contribution in [0.15, 0.2) is 24.3 Å². The summed E-state index contributed by atoms with van der Waals surface area (Å²) in [5, 5.41) is 3.30. The fraction of sp³-hybridized carbons (Fsp3) is 0.588. The number of hydrogen-bond donors (Lipinski definition) is 1. The summed E-state index contributed by atoms with van der Waals surface area (Å²) in [5.41, 5.74) is 1.33. The summed E-state index contributed by atoms with van der Waals surface area (Å²) in [6.07, 6.45) is 1.74. The van der Waals surface area contributed by atoms with Gasteiger partial charge in [-0.2, -0.15) is 0 Å². The molecule has 0 radical (unpaired) electrons. The quantitative estimate of drug-likeness (QED) is 0.842. The van der Waals surface area contributed by atoms with E-state index in [1.54, 1.807) is 0 Å². The molecule has 0 saturated carbocycles. The molecule has 0 amide bonds. The summed E-state index contributed by atoms with van der Waals surface area (Å²) >= 11 is 0. The SMILES string of the molecule is CC1(OC(=O)c2ccccc2C(C)(C)C)CCNCC1. The number of ether oxygens (including phenoxy) is 1. The third kappa shape index (κ3) is 3.40. The van der Waals surface area contributed by atoms with Crippen LogP contribution in [0.1, 0.15) is 56.5 Å². The van der Waals surface area contributed by atoms with Crippen molar-refractivity contribution < 1.29 is 9.53 Å². The third-order valence-electron chi connectivity index (χ3n) is 3.96. The molecule has 1 aliphatic heterocycles. The van der Waals surface area contributed by atoms with Crippen LogP contribution in [0, 0.1) is 0 Å². The summed E-state index contributed by atoms with van der Waals surface area (Å²) in [6, 6.07) is 7.76. The number of carbonyl (C=O) groups excluding carboxylic acids is 1. The maximum atomic E-state index is 12.5. The monoisotopic (exact) mass is 275 g/mol. The average Bonchev–Trinajstić information content (AvgIpc) is 2.38. The maximum absolute atomic E-state index is 12.5. The number of rotatable bonds is 2. The van der Waals surface area contributed by atoms with Gasteiger partial charge in [-0.05, 0) is 49.9 Å². The van der Waals surface area contributed by atoms with E-state index in [-0.39, 0.29) is 17.0 Å². The molecule has 3 heteroatoms. The van der Waals surface area contributed by atoms with Gasteiger partial charge in [0.05, 0.1) is 5.56 Å². The highest BCUT2D eigenvalue weighted by Crippen LogP contribution is 2.29. The van der Waals surface area contributed by atoms with Crippen LogP contribution in [-0.4, -0.2) is 24.7 Å². The fourth-order valence-corrected chi connectivity index (χ4v) is 2.65. The van der Waals surface area contributed by atoms with Gasteiger partial charge in [0.15, 0.2) is 0 Å². The Morgan fingerprint density at radius 1 is 1.20 bits per heavy atom. The molecule has 1 aromatic carbocycles. The van der Waals surface area contributed by atoms with Gasteiger partial charge in [-0.25, -0.2) is 4.79 Å². The predicted octanol–water partition coefficient (Wildman–Crippen LogP) is 3.28. The molecule has 1 N–H and O–H groups in total. The number of benzene rings is 1. The van der Waals surface area contributed by atoms with Gasteiger partial charge in [0.25, 0.3) is 0 Å². The second-order valence-corrected chi connectivity index (χ2v) is 6.89. The zero-order chi connectivity index (χ0) is 14.8. The second kappa shape index (κ2) is 5.57. The lowest BCUT2D eigenvalue weighted by Gasteiger charge is -2.34. The van der Waals surface area contributed by atoms with Crippen LogP contribution in [0.2, 0.25) is 0 Å². The van der Waals surface area contributed by atoms with Crippen LogP contribution in [0.5, 0.6) is 0 Å². The number of esters is 1. The largest absolute Gasteiger partial charge is 0.456 e. The maximum Gasteiger partial charge on any atom is 0.338 e. The predicted molar refractivity (Wildman–Crippen MR) is 81.1 cm³/mol. The molecule has 0 spiro atoms. The molecule has 0 aromatic heterocycles. The third-order valence-corrected chi connectivity index (χ3v) is 3.96. The lowest BCUT2D eigenvalue weighted by atomic mass is 9.83. The van der Waals surface area contributed by atoms with E-state index >= 15 is 0 Å². The number of nitrogens with one attached hydrogen (secondary N) is 1. The molecule has 0 unspecified atom stereocenters. The first-order valence-electron chi connectivity index (χ1n) is 7.35. The van der Waals surface area contributed by atoms with Crippen molar-refractivity contribution in [3.8, 4) is 0 Å². The van der Waals surface area contributed by atoms with Crippen LogP contribution in [0.4, 0.5) is 0 Å². The van der Waals surface area contributed by atoms with E-state index in [9.17, 15) is 4.79 Å². The van der Waals surface area contributed by atoms with Crippen molar-refractivity contribution in [1.82, 2.24) is 5.32 Å². The molecule has 0 aliphatic carbocycles. The van der Waals surface area contributed by atoms with Gasteiger partial charge in [0, 0.05) is 0 Å². The molecular weight excluding hydrogens is 250 g/mol. The van der Waals surface area contributed by atoms with Crippen LogP contribution in [0.3, 0.4) is 0 Å². The minimum Gasteiger partial charge on any atom is -0.456 e. The lowest BCUT2D eigenvalue weighted by molar-refractivity contribution is -0.0236. The molecule has 1 aromatic rings. The molecular formula is C17H25NO2. The van der Waals surface area contributed by atoms with E-state index in [0.29, 0.717) is 5.56 Å². The van der Waals surface area contributed by atoms with E-state index in [0.717, 1.165) is 31.5 Å². The highest BCUT2D eigenvalue weighted by Gasteiger charge is 2.32. The summed E-state index contributed by atoms with van der Waals surface area (Å²) in [5.74, 6) is -0.195. The Morgan fingerprint density at radius 2 is 1.80 bits per heavy atom. The number of hydrogen-bond acceptors (Lipinski definition) is 3. The Kier molecular flexibility index (Phi) is 4.19. The first-order chi connectivity index (χ1) is 9.32. The van der Waals surface area contributed by atoms with Crippen molar-refractivity contribution in [2.75, 3.05) is 13.1 Å². The van der Waals surface area contributed by atoms with Crippen molar-refractivity contribution >= 4 is 5.97 Å². The molecule has 1 aliphatic rings. The molecule has 20 heavy (non-hydrogen) atoms. The Hall–Kier alpha value is -1.35. The van der Waals surface area contributed by atoms with Gasteiger partial charge in [-0.1, -0.05) is 39.0 Å². The van der Waals surface area contributed by atoms with Crippen LogP contribution in [0.25, 0.3) is 0 Å². The molecule has 1 saturated heterocycles. The first-order valence-corrected chi connectivity index (χ1v) is 7.35. The number of piperidine rings is 1. The molecule has 1 heterocycles. The van der Waals surface area contributed by atoms with Gasteiger partial charge in [0.1, 0.15) is 5.60 Å². The van der Waals surface area contributed by atoms with Crippen LogP contribution >= 0.6 is 0 Å². The minimum absolute atomic E-state index is 0.0648. The van der Waals surface area contributed by atoms with Crippen LogP contribution < -0.4 is 5.32 Å². The van der Waals surface area contributed by atoms with Crippen molar-refractivity contribution in [2.45, 2.75) is 51.6 Å². The van der Waals surface area contributed by atoms with E-state index in [1.807, 2.05) is 31.2 Å². The van der Waals surface area contributed by atoms with Gasteiger partial charge in [0.2, 0.25) is 0 Å².